The SMILES string of the molecule is CCCCCCC(C/C=C\CCCCCCCCN=C=O)N=C=O. The molecule has 0 radical (unpaired) electrons. The van der Waals surface area contributed by atoms with Crippen molar-refractivity contribution >= 4 is 12.2 Å². The van der Waals surface area contributed by atoms with Gasteiger partial charge in [0.05, 0.1) is 12.6 Å². The summed E-state index contributed by atoms with van der Waals surface area (Å²) in [5.41, 5.74) is 0. The van der Waals surface area contributed by atoms with E-state index in [4.69, 9.17) is 0 Å². The van der Waals surface area contributed by atoms with E-state index in [1.54, 1.807) is 12.2 Å². The van der Waals surface area contributed by atoms with Gasteiger partial charge in [0.25, 0.3) is 0 Å². The first-order valence-corrected chi connectivity index (χ1v) is 9.60. The number of allylic oxidation sites excluding steroid dienone is 1. The summed E-state index contributed by atoms with van der Waals surface area (Å²) in [5.74, 6) is 0. The fourth-order valence-corrected chi connectivity index (χ4v) is 2.69. The van der Waals surface area contributed by atoms with Crippen molar-refractivity contribution in [1.82, 2.24) is 0 Å². The standard InChI is InChI=1S/C20H34N2O2/c1-2-3-4-12-15-20(22-19-24)16-13-10-8-6-5-7-9-11-14-17-21-18-23/h10,13,20H,2-9,11-12,14-17H2,1H3/b13-10-. The summed E-state index contributed by atoms with van der Waals surface area (Å²) < 4.78 is 0. The molecule has 24 heavy (non-hydrogen) atoms. The molecule has 0 aliphatic carbocycles. The zero-order valence-corrected chi connectivity index (χ0v) is 15.3. The van der Waals surface area contributed by atoms with Gasteiger partial charge in [0.2, 0.25) is 12.2 Å². The van der Waals surface area contributed by atoms with Crippen LogP contribution in [0.5, 0.6) is 0 Å². The van der Waals surface area contributed by atoms with E-state index in [1.165, 1.54) is 44.9 Å². The maximum absolute atomic E-state index is 10.5. The number of aliphatic imine (C=N–C) groups is 2. The third-order valence-corrected chi connectivity index (χ3v) is 4.16. The molecule has 1 atom stereocenters. The molecule has 0 saturated carbocycles. The van der Waals surface area contributed by atoms with E-state index in [9.17, 15) is 9.59 Å². The third kappa shape index (κ3) is 16.9. The van der Waals surface area contributed by atoms with Gasteiger partial charge >= 0.3 is 0 Å². The number of carbonyl (C=O) groups excluding carboxylic acids is 2. The summed E-state index contributed by atoms with van der Waals surface area (Å²) in [6.45, 7) is 2.82. The normalized spacial score (nSPS) is 11.9. The molecule has 0 N–H and O–H groups in total. The van der Waals surface area contributed by atoms with E-state index >= 15 is 0 Å². The van der Waals surface area contributed by atoms with Crippen molar-refractivity contribution in [2.45, 2.75) is 96.4 Å². The van der Waals surface area contributed by atoms with Crippen LogP contribution in [0.15, 0.2) is 22.1 Å². The van der Waals surface area contributed by atoms with Crippen LogP contribution in [0.4, 0.5) is 0 Å². The first-order valence-electron chi connectivity index (χ1n) is 9.60. The largest absolute Gasteiger partial charge is 0.235 e. The smallest absolute Gasteiger partial charge is 0.211 e. The average molecular weight is 335 g/mol. The predicted octanol–water partition coefficient (Wildman–Crippen LogP) is 5.67. The van der Waals surface area contributed by atoms with Crippen molar-refractivity contribution in [2.75, 3.05) is 6.54 Å². The van der Waals surface area contributed by atoms with E-state index in [1.807, 2.05) is 0 Å². The lowest BCUT2D eigenvalue weighted by molar-refractivity contribution is 0.531. The topological polar surface area (TPSA) is 58.9 Å². The molecule has 4 heteroatoms. The molecular weight excluding hydrogens is 300 g/mol. The average Bonchev–Trinajstić information content (AvgIpc) is 2.59. The Morgan fingerprint density at radius 2 is 1.54 bits per heavy atom. The molecule has 0 saturated heterocycles. The van der Waals surface area contributed by atoms with E-state index < -0.39 is 0 Å². The summed E-state index contributed by atoms with van der Waals surface area (Å²) in [5, 5.41) is 0. The quantitative estimate of drug-likeness (QED) is 0.149. The van der Waals surface area contributed by atoms with Crippen LogP contribution in [-0.2, 0) is 9.59 Å². The number of rotatable bonds is 17. The van der Waals surface area contributed by atoms with Gasteiger partial charge in [-0.15, -0.1) is 0 Å². The Bertz CT molecular complexity index is 394. The maximum atomic E-state index is 10.5. The molecule has 0 fully saturated rings. The monoisotopic (exact) mass is 334 g/mol. The van der Waals surface area contributed by atoms with Gasteiger partial charge in [0, 0.05) is 0 Å². The molecule has 0 spiro atoms. The van der Waals surface area contributed by atoms with Gasteiger partial charge in [0.15, 0.2) is 0 Å². The Labute approximate surface area is 147 Å². The van der Waals surface area contributed by atoms with Crippen LogP contribution in [0.1, 0.15) is 90.4 Å². The van der Waals surface area contributed by atoms with Crippen LogP contribution in [0.25, 0.3) is 0 Å². The summed E-state index contributed by atoms with van der Waals surface area (Å²) in [6.07, 6.45) is 22.5. The molecule has 0 bridgehead atoms. The van der Waals surface area contributed by atoms with Crippen molar-refractivity contribution in [1.29, 1.82) is 0 Å². The zero-order chi connectivity index (χ0) is 17.7. The number of hydrogen-bond acceptors (Lipinski definition) is 4. The van der Waals surface area contributed by atoms with Gasteiger partial charge < -0.3 is 0 Å². The zero-order valence-electron chi connectivity index (χ0n) is 15.3. The summed E-state index contributed by atoms with van der Waals surface area (Å²) in [4.78, 5) is 27.9. The van der Waals surface area contributed by atoms with Gasteiger partial charge in [-0.25, -0.2) is 19.6 Å². The lowest BCUT2D eigenvalue weighted by Gasteiger charge is -2.07. The van der Waals surface area contributed by atoms with Crippen LogP contribution in [0, 0.1) is 0 Å². The number of unbranched alkanes of at least 4 members (excludes halogenated alkanes) is 9. The summed E-state index contributed by atoms with van der Waals surface area (Å²) >= 11 is 0. The van der Waals surface area contributed by atoms with Crippen molar-refractivity contribution in [3.05, 3.63) is 12.2 Å². The Morgan fingerprint density at radius 1 is 0.833 bits per heavy atom. The number of isocyanates is 2. The van der Waals surface area contributed by atoms with Gasteiger partial charge in [-0.2, -0.15) is 0 Å². The number of nitrogens with zero attached hydrogens (tertiary/aromatic N) is 2. The Balaban J connectivity index is 3.55. The fraction of sp³-hybridized carbons (Fsp3) is 0.800. The Morgan fingerprint density at radius 3 is 2.25 bits per heavy atom. The molecule has 0 amide bonds. The molecule has 0 aromatic rings. The van der Waals surface area contributed by atoms with Gasteiger partial charge in [-0.3, -0.25) is 0 Å². The maximum Gasteiger partial charge on any atom is 0.235 e. The molecule has 1 unspecified atom stereocenters. The lowest BCUT2D eigenvalue weighted by Crippen LogP contribution is -2.02. The Hall–Kier alpha value is -1.50. The molecule has 4 nitrogen and oxygen atoms in total. The summed E-state index contributed by atoms with van der Waals surface area (Å²) in [6, 6.07) is 0.115. The minimum Gasteiger partial charge on any atom is -0.211 e. The second kappa shape index (κ2) is 19.5. The molecule has 0 aliphatic rings. The molecule has 0 heterocycles. The minimum atomic E-state index is 0.115. The first kappa shape index (κ1) is 22.5. The molecular formula is C20H34N2O2. The van der Waals surface area contributed by atoms with Crippen molar-refractivity contribution in [3.63, 3.8) is 0 Å². The lowest BCUT2D eigenvalue weighted by atomic mass is 10.0. The molecule has 0 rings (SSSR count). The molecule has 0 aromatic heterocycles. The second-order valence-electron chi connectivity index (χ2n) is 6.31. The molecule has 0 aromatic carbocycles. The van der Waals surface area contributed by atoms with Crippen LogP contribution < -0.4 is 0 Å². The number of hydrogen-bond donors (Lipinski definition) is 0. The third-order valence-electron chi connectivity index (χ3n) is 4.16. The van der Waals surface area contributed by atoms with Crippen molar-refractivity contribution in [2.24, 2.45) is 9.98 Å². The highest BCUT2D eigenvalue weighted by atomic mass is 16.1. The van der Waals surface area contributed by atoms with E-state index in [0.717, 1.165) is 38.5 Å². The van der Waals surface area contributed by atoms with Crippen LogP contribution >= 0.6 is 0 Å². The Kier molecular flexibility index (Phi) is 18.3. The second-order valence-corrected chi connectivity index (χ2v) is 6.31. The van der Waals surface area contributed by atoms with E-state index in [-0.39, 0.29) is 6.04 Å². The van der Waals surface area contributed by atoms with Gasteiger partial charge in [0.1, 0.15) is 0 Å². The van der Waals surface area contributed by atoms with Crippen LogP contribution in [-0.4, -0.2) is 24.7 Å². The highest BCUT2D eigenvalue weighted by Gasteiger charge is 2.04. The van der Waals surface area contributed by atoms with Crippen molar-refractivity contribution in [3.8, 4) is 0 Å². The molecule has 0 aliphatic heterocycles. The van der Waals surface area contributed by atoms with Crippen LogP contribution in [0.3, 0.4) is 0 Å². The van der Waals surface area contributed by atoms with E-state index in [2.05, 4.69) is 29.1 Å². The first-order chi connectivity index (χ1) is 11.8. The highest BCUT2D eigenvalue weighted by molar-refractivity contribution is 5.33. The fourth-order valence-electron chi connectivity index (χ4n) is 2.69. The molecule has 136 valence electrons. The minimum absolute atomic E-state index is 0.115. The van der Waals surface area contributed by atoms with Gasteiger partial charge in [-0.05, 0) is 32.1 Å². The summed E-state index contributed by atoms with van der Waals surface area (Å²) in [7, 11) is 0. The van der Waals surface area contributed by atoms with Crippen LogP contribution in [0.2, 0.25) is 0 Å². The van der Waals surface area contributed by atoms with Gasteiger partial charge in [-0.1, -0.05) is 70.4 Å². The highest BCUT2D eigenvalue weighted by Crippen LogP contribution is 2.12. The van der Waals surface area contributed by atoms with E-state index in [0.29, 0.717) is 6.54 Å². The predicted molar refractivity (Wildman–Crippen MR) is 99.7 cm³/mol. The van der Waals surface area contributed by atoms with Crippen molar-refractivity contribution < 1.29 is 9.59 Å².